The lowest BCUT2D eigenvalue weighted by Crippen LogP contribution is -2.44. The lowest BCUT2D eigenvalue weighted by Gasteiger charge is -2.48. The van der Waals surface area contributed by atoms with Gasteiger partial charge in [0.15, 0.2) is 0 Å². The third-order valence-electron chi connectivity index (χ3n) is 8.69. The van der Waals surface area contributed by atoms with Crippen molar-refractivity contribution in [3.8, 4) is 22.4 Å². The summed E-state index contributed by atoms with van der Waals surface area (Å²) >= 11 is 0. The lowest BCUT2D eigenvalue weighted by atomic mass is 9.99. The molecule has 10 nitrogen and oxygen atoms in total. The molecule has 3 heterocycles. The standard InChI is InChI=1S/C34H39N7O3S/c1-3-16-41-30-21-25(23-4-6-24(7-5-23)33(42)36-26-9-10-26)8-15-29(30)32-31(45(41,43)44)22-35-34(38-32)37-27-11-13-28(14-12-27)40-19-17-39(2)18-20-40/h4-8,11-15,21-22,26,43-44H,3,9-10,16-20H2,1-2H3,(H,36,42)(H,35,37,38). The molecule has 2 aliphatic heterocycles. The molecule has 45 heavy (non-hydrogen) atoms. The maximum atomic E-state index is 12.5. The van der Waals surface area contributed by atoms with Crippen LogP contribution in [0.15, 0.2) is 77.8 Å². The van der Waals surface area contributed by atoms with E-state index in [9.17, 15) is 13.9 Å². The summed E-state index contributed by atoms with van der Waals surface area (Å²) in [4.78, 5) is 26.8. The summed E-state index contributed by atoms with van der Waals surface area (Å²) in [6, 6.07) is 22.1. The average molecular weight is 626 g/mol. The van der Waals surface area contributed by atoms with Crippen LogP contribution in [0.4, 0.5) is 23.0 Å². The minimum absolute atomic E-state index is 0.0516. The summed E-state index contributed by atoms with van der Waals surface area (Å²) in [5.41, 5.74) is 6.54. The van der Waals surface area contributed by atoms with Crippen molar-refractivity contribution in [2.24, 2.45) is 0 Å². The predicted molar refractivity (Wildman–Crippen MR) is 182 cm³/mol. The second-order valence-corrected chi connectivity index (χ2v) is 14.0. The highest BCUT2D eigenvalue weighted by atomic mass is 32.3. The Hall–Kier alpha value is -4.16. The zero-order valence-electron chi connectivity index (χ0n) is 25.6. The number of hydrogen-bond acceptors (Lipinski definition) is 9. The van der Waals surface area contributed by atoms with Gasteiger partial charge in [0.25, 0.3) is 5.91 Å². The van der Waals surface area contributed by atoms with Gasteiger partial charge in [-0.15, -0.1) is 0 Å². The van der Waals surface area contributed by atoms with E-state index in [-0.39, 0.29) is 5.91 Å². The van der Waals surface area contributed by atoms with Crippen LogP contribution in [0.5, 0.6) is 0 Å². The van der Waals surface area contributed by atoms with Crippen molar-refractivity contribution in [3.05, 3.63) is 78.5 Å². The molecule has 2 fully saturated rings. The van der Waals surface area contributed by atoms with Gasteiger partial charge in [0.1, 0.15) is 10.6 Å². The van der Waals surface area contributed by atoms with Crippen LogP contribution in [0.25, 0.3) is 22.4 Å². The predicted octanol–water partition coefficient (Wildman–Crippen LogP) is 6.45. The first-order valence-corrected chi connectivity index (χ1v) is 17.1. The van der Waals surface area contributed by atoms with E-state index in [0.29, 0.717) is 40.4 Å². The minimum atomic E-state index is -3.37. The van der Waals surface area contributed by atoms with Gasteiger partial charge in [-0.3, -0.25) is 18.2 Å². The lowest BCUT2D eigenvalue weighted by molar-refractivity contribution is 0.0951. The molecule has 1 saturated heterocycles. The zero-order chi connectivity index (χ0) is 31.1. The van der Waals surface area contributed by atoms with Gasteiger partial charge in [-0.2, -0.15) is 0 Å². The highest BCUT2D eigenvalue weighted by molar-refractivity contribution is 8.25. The molecule has 0 bridgehead atoms. The van der Waals surface area contributed by atoms with Crippen LogP contribution >= 0.6 is 10.8 Å². The van der Waals surface area contributed by atoms with Gasteiger partial charge in [0.2, 0.25) is 5.95 Å². The normalized spacial score (nSPS) is 18.1. The smallest absolute Gasteiger partial charge is 0.251 e. The third kappa shape index (κ3) is 5.96. The summed E-state index contributed by atoms with van der Waals surface area (Å²) in [7, 11) is -1.22. The average Bonchev–Trinajstić information content (AvgIpc) is 3.88. The van der Waals surface area contributed by atoms with Crippen molar-refractivity contribution in [2.75, 3.05) is 54.3 Å². The molecule has 1 aliphatic carbocycles. The van der Waals surface area contributed by atoms with E-state index in [4.69, 9.17) is 4.98 Å². The van der Waals surface area contributed by atoms with Gasteiger partial charge in [0, 0.05) is 61.3 Å². The maximum absolute atomic E-state index is 12.5. The highest BCUT2D eigenvalue weighted by Crippen LogP contribution is 2.62. The molecule has 4 aromatic rings. The Balaban J connectivity index is 1.17. The number of benzene rings is 3. The second kappa shape index (κ2) is 12.0. The number of fused-ring (bicyclic) bond motifs is 3. The van der Waals surface area contributed by atoms with E-state index >= 15 is 0 Å². The van der Waals surface area contributed by atoms with Crippen molar-refractivity contribution in [1.29, 1.82) is 0 Å². The van der Waals surface area contributed by atoms with Gasteiger partial charge in [-0.05, 0) is 86.0 Å². The van der Waals surface area contributed by atoms with E-state index in [0.717, 1.165) is 67.8 Å². The molecule has 234 valence electrons. The largest absolute Gasteiger partial charge is 0.369 e. The first-order valence-electron chi connectivity index (χ1n) is 15.6. The molecule has 1 saturated carbocycles. The summed E-state index contributed by atoms with van der Waals surface area (Å²) in [5.74, 6) is 0.333. The Labute approximate surface area is 265 Å². The van der Waals surface area contributed by atoms with Crippen LogP contribution in [-0.2, 0) is 0 Å². The number of carbonyl (C=O) groups is 1. The number of rotatable bonds is 8. The zero-order valence-corrected chi connectivity index (χ0v) is 26.4. The minimum Gasteiger partial charge on any atom is -0.369 e. The van der Waals surface area contributed by atoms with E-state index < -0.39 is 10.8 Å². The Morgan fingerprint density at radius 2 is 1.67 bits per heavy atom. The molecular formula is C34H39N7O3S. The van der Waals surface area contributed by atoms with Gasteiger partial charge in [-0.25, -0.2) is 9.97 Å². The number of aromatic nitrogens is 2. The molecule has 1 amide bonds. The Bertz CT molecular complexity index is 1700. The topological polar surface area (TPSA) is 117 Å². The first kappa shape index (κ1) is 29.5. The van der Waals surface area contributed by atoms with E-state index in [1.807, 2.05) is 61.5 Å². The van der Waals surface area contributed by atoms with E-state index in [1.165, 1.54) is 11.9 Å². The summed E-state index contributed by atoms with van der Waals surface area (Å²) in [6.07, 6.45) is 4.35. The maximum Gasteiger partial charge on any atom is 0.251 e. The van der Waals surface area contributed by atoms with Gasteiger partial charge in [-0.1, -0.05) is 35.9 Å². The molecule has 3 aromatic carbocycles. The monoisotopic (exact) mass is 625 g/mol. The summed E-state index contributed by atoms with van der Waals surface area (Å²) in [6.45, 7) is 6.57. The fraction of sp³-hybridized carbons (Fsp3) is 0.324. The number of nitrogens with zero attached hydrogens (tertiary/aromatic N) is 5. The number of piperazine rings is 1. The Morgan fingerprint density at radius 3 is 2.36 bits per heavy atom. The molecule has 0 atom stereocenters. The van der Waals surface area contributed by atoms with Crippen molar-refractivity contribution in [1.82, 2.24) is 20.2 Å². The van der Waals surface area contributed by atoms with Crippen LogP contribution in [0.2, 0.25) is 0 Å². The van der Waals surface area contributed by atoms with Crippen LogP contribution in [-0.4, -0.2) is 75.7 Å². The molecule has 0 radical (unpaired) electrons. The van der Waals surface area contributed by atoms with Crippen molar-refractivity contribution in [2.45, 2.75) is 37.1 Å². The first-order chi connectivity index (χ1) is 21.8. The molecular weight excluding hydrogens is 586 g/mol. The van der Waals surface area contributed by atoms with Gasteiger partial charge < -0.3 is 20.4 Å². The van der Waals surface area contributed by atoms with Gasteiger partial charge in [0.05, 0.1) is 11.9 Å². The number of hydrogen-bond donors (Lipinski definition) is 4. The highest BCUT2D eigenvalue weighted by Gasteiger charge is 2.37. The Kier molecular flexibility index (Phi) is 7.86. The second-order valence-electron chi connectivity index (χ2n) is 12.0. The van der Waals surface area contributed by atoms with Crippen LogP contribution in [0.3, 0.4) is 0 Å². The molecule has 4 N–H and O–H groups in total. The Morgan fingerprint density at radius 1 is 0.956 bits per heavy atom. The fourth-order valence-corrected chi connectivity index (χ4v) is 7.62. The molecule has 0 spiro atoms. The quantitative estimate of drug-likeness (QED) is 0.175. The van der Waals surface area contributed by atoms with Gasteiger partial charge >= 0.3 is 0 Å². The SMILES string of the molecule is CCCN1c2cc(-c3ccc(C(=O)NC4CC4)cc3)ccc2-c2nc(Nc3ccc(N4CCN(C)CC4)cc3)ncc2S1(O)O. The molecule has 7 rings (SSSR count). The van der Waals surface area contributed by atoms with Crippen molar-refractivity contribution >= 4 is 39.7 Å². The summed E-state index contributed by atoms with van der Waals surface area (Å²) < 4.78 is 24.8. The molecule has 1 aromatic heterocycles. The van der Waals surface area contributed by atoms with Crippen LogP contribution in [0.1, 0.15) is 36.5 Å². The van der Waals surface area contributed by atoms with E-state index in [2.05, 4.69) is 44.6 Å². The van der Waals surface area contributed by atoms with Crippen LogP contribution < -0.4 is 19.8 Å². The van der Waals surface area contributed by atoms with Crippen molar-refractivity contribution in [3.63, 3.8) is 0 Å². The summed E-state index contributed by atoms with van der Waals surface area (Å²) in [5, 5.41) is 6.33. The number of nitrogens with one attached hydrogen (secondary N) is 2. The number of likely N-dealkylation sites (N-methyl/N-ethyl adjacent to an activating group) is 1. The van der Waals surface area contributed by atoms with E-state index in [1.54, 1.807) is 4.31 Å². The third-order valence-corrected chi connectivity index (χ3v) is 10.6. The van der Waals surface area contributed by atoms with Crippen LogP contribution in [0, 0.1) is 0 Å². The number of amides is 1. The molecule has 11 heteroatoms. The number of anilines is 4. The van der Waals surface area contributed by atoms with Crippen molar-refractivity contribution < 1.29 is 13.9 Å². The fourth-order valence-electron chi connectivity index (χ4n) is 5.91. The number of carbonyl (C=O) groups excluding carboxylic acids is 1. The molecule has 3 aliphatic rings. The molecule has 0 unspecified atom stereocenters.